The van der Waals surface area contributed by atoms with E-state index in [-0.39, 0.29) is 21.7 Å². The molecule has 0 aliphatic carbocycles. The summed E-state index contributed by atoms with van der Waals surface area (Å²) >= 11 is 1.09. The molecule has 2 aromatic carbocycles. The number of fused-ring (bicyclic) bond motifs is 1. The SMILES string of the molecule is CN(C)S(=O)(=O)c1ccc2oc(SCC(=O)c3ccc(F)cc3)nc2c1. The second-order valence-electron chi connectivity index (χ2n) is 5.62. The summed E-state index contributed by atoms with van der Waals surface area (Å²) in [6.45, 7) is 0. The van der Waals surface area contributed by atoms with Crippen LogP contribution in [0, 0.1) is 5.82 Å². The average molecular weight is 394 g/mol. The minimum Gasteiger partial charge on any atom is -0.431 e. The van der Waals surface area contributed by atoms with Gasteiger partial charge in [-0.15, -0.1) is 0 Å². The number of halogens is 1. The maximum Gasteiger partial charge on any atom is 0.257 e. The second kappa shape index (κ2) is 7.18. The van der Waals surface area contributed by atoms with Crippen molar-refractivity contribution in [1.29, 1.82) is 0 Å². The second-order valence-corrected chi connectivity index (χ2v) is 8.69. The summed E-state index contributed by atoms with van der Waals surface area (Å²) in [4.78, 5) is 16.4. The van der Waals surface area contributed by atoms with E-state index in [2.05, 4.69) is 4.98 Å². The van der Waals surface area contributed by atoms with Crippen LogP contribution in [0.2, 0.25) is 0 Å². The normalized spacial score (nSPS) is 12.0. The minimum atomic E-state index is -3.56. The first-order chi connectivity index (χ1) is 12.3. The molecular weight excluding hydrogens is 379 g/mol. The molecule has 1 heterocycles. The maximum absolute atomic E-state index is 12.9. The first-order valence-electron chi connectivity index (χ1n) is 7.52. The Morgan fingerprint density at radius 1 is 1.19 bits per heavy atom. The Bertz CT molecular complexity index is 1060. The van der Waals surface area contributed by atoms with Crippen molar-refractivity contribution >= 4 is 38.7 Å². The van der Waals surface area contributed by atoms with Gasteiger partial charge in [-0.1, -0.05) is 11.8 Å². The summed E-state index contributed by atoms with van der Waals surface area (Å²) in [7, 11) is -0.666. The minimum absolute atomic E-state index is 0.0707. The molecule has 0 unspecified atom stereocenters. The van der Waals surface area contributed by atoms with Crippen molar-refractivity contribution in [2.75, 3.05) is 19.8 Å². The predicted octanol–water partition coefficient (Wildman–Crippen LogP) is 3.19. The van der Waals surface area contributed by atoms with E-state index in [1.54, 1.807) is 0 Å². The molecule has 0 atom stereocenters. The van der Waals surface area contributed by atoms with Gasteiger partial charge in [-0.25, -0.2) is 22.1 Å². The number of benzene rings is 2. The molecule has 0 saturated heterocycles. The Hall–Kier alpha value is -2.23. The number of aromatic nitrogens is 1. The molecule has 3 rings (SSSR count). The maximum atomic E-state index is 12.9. The highest BCUT2D eigenvalue weighted by molar-refractivity contribution is 7.99. The molecule has 3 aromatic rings. The number of sulfonamides is 1. The van der Waals surface area contributed by atoms with Gasteiger partial charge in [-0.3, -0.25) is 4.79 Å². The third kappa shape index (κ3) is 3.79. The first kappa shape index (κ1) is 18.6. The van der Waals surface area contributed by atoms with Crippen LogP contribution in [0.1, 0.15) is 10.4 Å². The highest BCUT2D eigenvalue weighted by Crippen LogP contribution is 2.26. The van der Waals surface area contributed by atoms with Gasteiger partial charge in [-0.05, 0) is 42.5 Å². The topological polar surface area (TPSA) is 80.5 Å². The van der Waals surface area contributed by atoms with Crippen LogP contribution >= 0.6 is 11.8 Å². The Kier molecular flexibility index (Phi) is 5.12. The molecule has 0 amide bonds. The Morgan fingerprint density at radius 2 is 1.88 bits per heavy atom. The summed E-state index contributed by atoms with van der Waals surface area (Å²) in [6, 6.07) is 9.70. The van der Waals surface area contributed by atoms with Crippen molar-refractivity contribution in [3.8, 4) is 0 Å². The zero-order chi connectivity index (χ0) is 18.9. The molecule has 0 radical (unpaired) electrons. The number of Topliss-reactive ketones (excluding diaryl/α,β-unsaturated/α-hetero) is 1. The molecule has 0 spiro atoms. The smallest absolute Gasteiger partial charge is 0.257 e. The van der Waals surface area contributed by atoms with E-state index in [1.807, 2.05) is 0 Å². The number of hydrogen-bond donors (Lipinski definition) is 0. The van der Waals surface area contributed by atoms with Gasteiger partial charge in [0.1, 0.15) is 11.3 Å². The number of ketones is 1. The summed E-state index contributed by atoms with van der Waals surface area (Å²) in [5.41, 5.74) is 1.22. The van der Waals surface area contributed by atoms with Crippen LogP contribution in [-0.2, 0) is 10.0 Å². The Morgan fingerprint density at radius 3 is 2.54 bits per heavy atom. The van der Waals surface area contributed by atoms with E-state index in [0.29, 0.717) is 16.7 Å². The standard InChI is InChI=1S/C17H15FN2O4S2/c1-20(2)26(22,23)13-7-8-16-14(9-13)19-17(24-16)25-10-15(21)11-3-5-12(18)6-4-11/h3-9H,10H2,1-2H3. The van der Waals surface area contributed by atoms with Crippen LogP contribution in [0.15, 0.2) is 57.0 Å². The van der Waals surface area contributed by atoms with Gasteiger partial charge in [0.25, 0.3) is 5.22 Å². The number of carbonyl (C=O) groups is 1. The molecular formula is C17H15FN2O4S2. The average Bonchev–Trinajstić information content (AvgIpc) is 3.02. The fourth-order valence-electron chi connectivity index (χ4n) is 2.17. The van der Waals surface area contributed by atoms with Gasteiger partial charge < -0.3 is 4.42 Å². The third-order valence-electron chi connectivity index (χ3n) is 3.61. The van der Waals surface area contributed by atoms with E-state index in [4.69, 9.17) is 4.42 Å². The molecule has 136 valence electrons. The molecule has 0 aliphatic rings. The van der Waals surface area contributed by atoms with E-state index >= 15 is 0 Å². The van der Waals surface area contributed by atoms with Crippen LogP contribution in [-0.4, -0.2) is 43.3 Å². The lowest BCUT2D eigenvalue weighted by Gasteiger charge is -2.10. The molecule has 9 heteroatoms. The van der Waals surface area contributed by atoms with Crippen molar-refractivity contribution in [2.45, 2.75) is 10.1 Å². The molecule has 1 aromatic heterocycles. The van der Waals surface area contributed by atoms with Crippen LogP contribution in [0.5, 0.6) is 0 Å². The largest absolute Gasteiger partial charge is 0.431 e. The number of nitrogens with zero attached hydrogens (tertiary/aromatic N) is 2. The Balaban J connectivity index is 1.77. The van der Waals surface area contributed by atoms with E-state index in [1.165, 1.54) is 56.6 Å². The molecule has 0 N–H and O–H groups in total. The highest BCUT2D eigenvalue weighted by atomic mass is 32.2. The van der Waals surface area contributed by atoms with Crippen molar-refractivity contribution in [1.82, 2.24) is 9.29 Å². The van der Waals surface area contributed by atoms with Gasteiger partial charge in [-0.2, -0.15) is 0 Å². The number of hydrogen-bond acceptors (Lipinski definition) is 6. The summed E-state index contributed by atoms with van der Waals surface area (Å²) in [5, 5.41) is 0.259. The summed E-state index contributed by atoms with van der Waals surface area (Å²) in [5.74, 6) is -0.522. The number of carbonyl (C=O) groups excluding carboxylic acids is 1. The predicted molar refractivity (Wildman–Crippen MR) is 96.3 cm³/mol. The lowest BCUT2D eigenvalue weighted by Crippen LogP contribution is -2.22. The van der Waals surface area contributed by atoms with E-state index < -0.39 is 15.8 Å². The summed E-state index contributed by atoms with van der Waals surface area (Å²) in [6.07, 6.45) is 0. The molecule has 0 bridgehead atoms. The zero-order valence-electron chi connectivity index (χ0n) is 14.0. The van der Waals surface area contributed by atoms with Gasteiger partial charge in [0.15, 0.2) is 11.4 Å². The van der Waals surface area contributed by atoms with Gasteiger partial charge in [0, 0.05) is 19.7 Å². The number of rotatable bonds is 6. The summed E-state index contributed by atoms with van der Waals surface area (Å²) < 4.78 is 43.9. The highest BCUT2D eigenvalue weighted by Gasteiger charge is 2.19. The first-order valence-corrected chi connectivity index (χ1v) is 9.94. The van der Waals surface area contributed by atoms with Gasteiger partial charge in [0.2, 0.25) is 10.0 Å². The molecule has 0 saturated carbocycles. The number of oxazole rings is 1. The van der Waals surface area contributed by atoms with Crippen LogP contribution in [0.3, 0.4) is 0 Å². The van der Waals surface area contributed by atoms with Gasteiger partial charge >= 0.3 is 0 Å². The molecule has 0 fully saturated rings. The van der Waals surface area contributed by atoms with Crippen molar-refractivity contribution in [3.05, 3.63) is 53.8 Å². The molecule has 26 heavy (non-hydrogen) atoms. The number of thioether (sulfide) groups is 1. The van der Waals surface area contributed by atoms with E-state index in [9.17, 15) is 17.6 Å². The van der Waals surface area contributed by atoms with Crippen LogP contribution in [0.4, 0.5) is 4.39 Å². The molecule has 0 aliphatic heterocycles. The lowest BCUT2D eigenvalue weighted by atomic mass is 10.1. The van der Waals surface area contributed by atoms with Crippen molar-refractivity contribution in [3.63, 3.8) is 0 Å². The lowest BCUT2D eigenvalue weighted by molar-refractivity contribution is 0.102. The quantitative estimate of drug-likeness (QED) is 0.472. The van der Waals surface area contributed by atoms with Crippen molar-refractivity contribution in [2.24, 2.45) is 0 Å². The van der Waals surface area contributed by atoms with Gasteiger partial charge in [0.05, 0.1) is 10.6 Å². The van der Waals surface area contributed by atoms with Crippen LogP contribution < -0.4 is 0 Å². The fraction of sp³-hybridized carbons (Fsp3) is 0.176. The third-order valence-corrected chi connectivity index (χ3v) is 6.25. The monoisotopic (exact) mass is 394 g/mol. The van der Waals surface area contributed by atoms with Crippen molar-refractivity contribution < 1.29 is 22.0 Å². The fourth-order valence-corrected chi connectivity index (χ4v) is 3.82. The van der Waals surface area contributed by atoms with Crippen LogP contribution in [0.25, 0.3) is 11.1 Å². The van der Waals surface area contributed by atoms with E-state index in [0.717, 1.165) is 16.1 Å². The zero-order valence-corrected chi connectivity index (χ0v) is 15.6. The molecule has 6 nitrogen and oxygen atoms in total. The Labute approximate surface area is 154 Å².